The fraction of sp³-hybridized carbons (Fsp3) is 0.429. The van der Waals surface area contributed by atoms with E-state index in [2.05, 4.69) is 15.6 Å². The number of pyridine rings is 1. The molecule has 2 N–H and O–H groups in total. The normalized spacial score (nSPS) is 17.6. The third-order valence-corrected chi connectivity index (χ3v) is 5.02. The fourth-order valence-corrected chi connectivity index (χ4v) is 3.59. The average molecular weight is 527 g/mol. The van der Waals surface area contributed by atoms with Crippen molar-refractivity contribution in [3.05, 3.63) is 47.9 Å². The molecule has 1 saturated heterocycles. The summed E-state index contributed by atoms with van der Waals surface area (Å²) in [5.41, 5.74) is 1.16. The minimum absolute atomic E-state index is 0. The first kappa shape index (κ1) is 22.4. The molecule has 2 aromatic rings. The lowest BCUT2D eigenvalue weighted by Crippen LogP contribution is -2.44. The zero-order valence-electron chi connectivity index (χ0n) is 16.9. The van der Waals surface area contributed by atoms with Gasteiger partial charge in [-0.2, -0.15) is 0 Å². The lowest BCUT2D eigenvalue weighted by atomic mass is 10.1. The van der Waals surface area contributed by atoms with Crippen molar-refractivity contribution < 1.29 is 13.9 Å². The number of benzene rings is 1. The number of hydrogen-bond donors (Lipinski definition) is 2. The van der Waals surface area contributed by atoms with Gasteiger partial charge in [-0.25, -0.2) is 9.37 Å². The van der Waals surface area contributed by atoms with E-state index >= 15 is 0 Å². The Balaban J connectivity index is 0.00000256. The van der Waals surface area contributed by atoms with Gasteiger partial charge in [0, 0.05) is 38.4 Å². The smallest absolute Gasteiger partial charge is 0.231 e. The Kier molecular flexibility index (Phi) is 7.94. The van der Waals surface area contributed by atoms with E-state index in [1.165, 1.54) is 6.07 Å². The zero-order valence-corrected chi connectivity index (χ0v) is 19.3. The molecule has 1 fully saturated rings. The maximum absolute atomic E-state index is 14.0. The van der Waals surface area contributed by atoms with Gasteiger partial charge in [-0.3, -0.25) is 4.99 Å². The number of aliphatic imine (C=N–C) groups is 1. The quantitative estimate of drug-likeness (QED) is 0.342. The van der Waals surface area contributed by atoms with Gasteiger partial charge in [0.25, 0.3) is 0 Å². The number of anilines is 1. The van der Waals surface area contributed by atoms with Crippen LogP contribution >= 0.6 is 24.0 Å². The third-order valence-electron chi connectivity index (χ3n) is 5.02. The predicted octanol–water partition coefficient (Wildman–Crippen LogP) is 2.94. The van der Waals surface area contributed by atoms with Crippen LogP contribution in [-0.4, -0.2) is 50.0 Å². The molecule has 1 aromatic carbocycles. The molecule has 0 aliphatic carbocycles. The second-order valence-electron chi connectivity index (χ2n) is 7.08. The summed E-state index contributed by atoms with van der Waals surface area (Å²) in [4.78, 5) is 10.8. The van der Waals surface area contributed by atoms with Crippen LogP contribution in [-0.2, 0) is 6.42 Å². The SMILES string of the molecule is CCNC(=NCCc1ccc2c(c1)OCO2)NC1CCN(c2ncccc2F)C1.I. The predicted molar refractivity (Wildman–Crippen MR) is 126 cm³/mol. The van der Waals surface area contributed by atoms with Crippen molar-refractivity contribution >= 4 is 35.8 Å². The van der Waals surface area contributed by atoms with Crippen LogP contribution in [0.25, 0.3) is 0 Å². The molecule has 3 heterocycles. The summed E-state index contributed by atoms with van der Waals surface area (Å²) in [6.45, 7) is 5.22. The van der Waals surface area contributed by atoms with E-state index < -0.39 is 0 Å². The summed E-state index contributed by atoms with van der Waals surface area (Å²) >= 11 is 0. The minimum Gasteiger partial charge on any atom is -0.454 e. The van der Waals surface area contributed by atoms with Crippen LogP contribution in [0.2, 0.25) is 0 Å². The van der Waals surface area contributed by atoms with Gasteiger partial charge in [0.1, 0.15) is 0 Å². The molecule has 1 atom stereocenters. The molecule has 7 nitrogen and oxygen atoms in total. The highest BCUT2D eigenvalue weighted by molar-refractivity contribution is 14.0. The Hall–Kier alpha value is -2.30. The van der Waals surface area contributed by atoms with Crippen molar-refractivity contribution in [3.63, 3.8) is 0 Å². The highest BCUT2D eigenvalue weighted by Crippen LogP contribution is 2.32. The molecule has 0 radical (unpaired) electrons. The largest absolute Gasteiger partial charge is 0.454 e. The molecular formula is C21H27FIN5O2. The van der Waals surface area contributed by atoms with Gasteiger partial charge < -0.3 is 25.0 Å². The molecule has 0 spiro atoms. The molecule has 4 rings (SSSR count). The van der Waals surface area contributed by atoms with E-state index in [0.717, 1.165) is 49.0 Å². The zero-order chi connectivity index (χ0) is 20.1. The van der Waals surface area contributed by atoms with Crippen LogP contribution < -0.4 is 25.0 Å². The van der Waals surface area contributed by atoms with Crippen molar-refractivity contribution in [1.82, 2.24) is 15.6 Å². The van der Waals surface area contributed by atoms with E-state index in [-0.39, 0.29) is 42.6 Å². The number of hydrogen-bond acceptors (Lipinski definition) is 5. The number of aromatic nitrogens is 1. The van der Waals surface area contributed by atoms with Gasteiger partial charge in [0.15, 0.2) is 29.1 Å². The molecule has 30 heavy (non-hydrogen) atoms. The summed E-state index contributed by atoms with van der Waals surface area (Å²) in [6, 6.07) is 9.24. The summed E-state index contributed by atoms with van der Waals surface area (Å²) in [5.74, 6) is 2.51. The Labute approximate surface area is 193 Å². The highest BCUT2D eigenvalue weighted by atomic mass is 127. The van der Waals surface area contributed by atoms with Crippen LogP contribution in [0, 0.1) is 5.82 Å². The van der Waals surface area contributed by atoms with Crippen molar-refractivity contribution in [1.29, 1.82) is 0 Å². The van der Waals surface area contributed by atoms with E-state index in [1.807, 2.05) is 30.0 Å². The topological polar surface area (TPSA) is 71.0 Å². The molecular weight excluding hydrogens is 500 g/mol. The van der Waals surface area contributed by atoms with Crippen LogP contribution in [0.4, 0.5) is 10.2 Å². The van der Waals surface area contributed by atoms with Crippen molar-refractivity contribution in [2.75, 3.05) is 37.9 Å². The monoisotopic (exact) mass is 527 g/mol. The molecule has 162 valence electrons. The van der Waals surface area contributed by atoms with Crippen molar-refractivity contribution in [3.8, 4) is 11.5 Å². The highest BCUT2D eigenvalue weighted by Gasteiger charge is 2.25. The second kappa shape index (κ2) is 10.6. The molecule has 0 bridgehead atoms. The molecule has 9 heteroatoms. The number of halogens is 2. The first-order valence-corrected chi connectivity index (χ1v) is 10.0. The van der Waals surface area contributed by atoms with Gasteiger partial charge in [-0.05, 0) is 49.6 Å². The number of rotatable bonds is 6. The molecule has 2 aliphatic heterocycles. The van der Waals surface area contributed by atoms with Gasteiger partial charge in [-0.1, -0.05) is 6.07 Å². The molecule has 0 saturated carbocycles. The van der Waals surface area contributed by atoms with E-state index in [4.69, 9.17) is 14.5 Å². The van der Waals surface area contributed by atoms with E-state index in [1.54, 1.807) is 12.3 Å². The Morgan fingerprint density at radius 2 is 2.17 bits per heavy atom. The lowest BCUT2D eigenvalue weighted by Gasteiger charge is -2.20. The first-order valence-electron chi connectivity index (χ1n) is 10.0. The summed E-state index contributed by atoms with van der Waals surface area (Å²) in [7, 11) is 0. The van der Waals surface area contributed by atoms with Crippen LogP contribution in [0.1, 0.15) is 18.9 Å². The number of ether oxygens (including phenoxy) is 2. The van der Waals surface area contributed by atoms with Gasteiger partial charge in [0.05, 0.1) is 0 Å². The molecule has 0 amide bonds. The molecule has 1 aromatic heterocycles. The maximum Gasteiger partial charge on any atom is 0.231 e. The van der Waals surface area contributed by atoms with Crippen LogP contribution in [0.15, 0.2) is 41.5 Å². The number of nitrogens with zero attached hydrogens (tertiary/aromatic N) is 3. The van der Waals surface area contributed by atoms with Crippen LogP contribution in [0.3, 0.4) is 0 Å². The number of guanidine groups is 1. The average Bonchev–Trinajstić information content (AvgIpc) is 3.37. The van der Waals surface area contributed by atoms with Crippen molar-refractivity contribution in [2.24, 2.45) is 4.99 Å². The summed E-state index contributed by atoms with van der Waals surface area (Å²) in [6.07, 6.45) is 3.34. The van der Waals surface area contributed by atoms with Gasteiger partial charge in [0.2, 0.25) is 6.79 Å². The Bertz CT molecular complexity index is 882. The second-order valence-corrected chi connectivity index (χ2v) is 7.08. The lowest BCUT2D eigenvalue weighted by molar-refractivity contribution is 0.174. The number of fused-ring (bicyclic) bond motifs is 1. The van der Waals surface area contributed by atoms with Crippen LogP contribution in [0.5, 0.6) is 11.5 Å². The minimum atomic E-state index is -0.280. The molecule has 1 unspecified atom stereocenters. The standard InChI is InChI=1S/C21H26FN5O2.HI/c1-2-23-21(25-10-7-15-5-6-18-19(12-15)29-14-28-18)26-16-8-11-27(13-16)20-17(22)4-3-9-24-20;/h3-6,9,12,16H,2,7-8,10-11,13-14H2,1H3,(H2,23,25,26);1H. The van der Waals surface area contributed by atoms with Gasteiger partial charge in [-0.15, -0.1) is 24.0 Å². The summed E-state index contributed by atoms with van der Waals surface area (Å²) < 4.78 is 24.8. The fourth-order valence-electron chi connectivity index (χ4n) is 3.59. The van der Waals surface area contributed by atoms with E-state index in [0.29, 0.717) is 18.9 Å². The maximum atomic E-state index is 14.0. The first-order chi connectivity index (χ1) is 14.2. The third kappa shape index (κ3) is 5.44. The molecule has 2 aliphatic rings. The Morgan fingerprint density at radius 3 is 3.00 bits per heavy atom. The Morgan fingerprint density at radius 1 is 1.30 bits per heavy atom. The van der Waals surface area contributed by atoms with Crippen molar-refractivity contribution in [2.45, 2.75) is 25.8 Å². The number of nitrogens with one attached hydrogen (secondary N) is 2. The van der Waals surface area contributed by atoms with Gasteiger partial charge >= 0.3 is 0 Å². The van der Waals surface area contributed by atoms with E-state index in [9.17, 15) is 4.39 Å². The summed E-state index contributed by atoms with van der Waals surface area (Å²) in [5, 5.41) is 6.76.